The van der Waals surface area contributed by atoms with Crippen LogP contribution in [0.15, 0.2) is 235 Å². The summed E-state index contributed by atoms with van der Waals surface area (Å²) in [6.45, 7) is 0. The van der Waals surface area contributed by atoms with Crippen LogP contribution < -0.4 is 0 Å². The molecule has 2 aromatic heterocycles. The first-order valence-electron chi connectivity index (χ1n) is 22.1. The van der Waals surface area contributed by atoms with E-state index < -0.39 is 0 Å². The van der Waals surface area contributed by atoms with E-state index in [1.165, 1.54) is 59.8 Å². The number of aromatic nitrogens is 2. The monoisotopic (exact) mass is 826 g/mol. The van der Waals surface area contributed by atoms with Crippen LogP contribution in [0, 0.1) is 0 Å². The standard InChI is InChI=1S/C62H38N2O/c1-2-14-44(15-3-1)62-63-57(38-58(64-62)43-31-27-41(28-32-43)49-22-12-23-55-52-21-10-11-24-59(52)65-61(49)55)42-29-25-40(26-30-42)47-35-36-53(51-20-9-8-19-50(47)51)60-48-18-7-5-16-45(48)37-56-46-17-6-4-13-39(46)33-34-54(56)60/h1-38H. The molecule has 0 aliphatic heterocycles. The molecule has 0 spiro atoms. The molecule has 0 saturated heterocycles. The number of furan rings is 1. The molecule has 0 aliphatic carbocycles. The molecule has 0 saturated carbocycles. The Hall–Kier alpha value is -8.66. The first-order chi connectivity index (χ1) is 32.2. The highest BCUT2D eigenvalue weighted by Crippen LogP contribution is 2.44. The minimum atomic E-state index is 0.689. The smallest absolute Gasteiger partial charge is 0.160 e. The van der Waals surface area contributed by atoms with E-state index in [4.69, 9.17) is 14.4 Å². The fraction of sp³-hybridized carbons (Fsp3) is 0. The molecule has 13 rings (SSSR count). The molecular weight excluding hydrogens is 789 g/mol. The molecule has 0 bridgehead atoms. The van der Waals surface area contributed by atoms with E-state index >= 15 is 0 Å². The summed E-state index contributed by atoms with van der Waals surface area (Å²) in [7, 11) is 0. The van der Waals surface area contributed by atoms with Crippen molar-refractivity contribution in [3.63, 3.8) is 0 Å². The fourth-order valence-corrected chi connectivity index (χ4v) is 9.95. The van der Waals surface area contributed by atoms with Crippen LogP contribution in [0.4, 0.5) is 0 Å². The van der Waals surface area contributed by atoms with Gasteiger partial charge in [-0.15, -0.1) is 0 Å². The maximum absolute atomic E-state index is 6.38. The number of benzene rings is 11. The maximum Gasteiger partial charge on any atom is 0.160 e. The summed E-state index contributed by atoms with van der Waals surface area (Å²) in [5.74, 6) is 0.689. The molecule has 0 aliphatic rings. The van der Waals surface area contributed by atoms with E-state index in [1.54, 1.807) is 0 Å². The minimum absolute atomic E-state index is 0.689. The molecule has 2 heterocycles. The molecule has 0 radical (unpaired) electrons. The predicted octanol–water partition coefficient (Wildman–Crippen LogP) is 17.0. The molecule has 0 fully saturated rings. The Morgan fingerprint density at radius 2 is 0.831 bits per heavy atom. The van der Waals surface area contributed by atoms with Gasteiger partial charge in [0.05, 0.1) is 11.4 Å². The molecular formula is C62H38N2O. The van der Waals surface area contributed by atoms with Gasteiger partial charge in [-0.25, -0.2) is 9.97 Å². The van der Waals surface area contributed by atoms with Gasteiger partial charge >= 0.3 is 0 Å². The van der Waals surface area contributed by atoms with Crippen LogP contribution in [-0.4, -0.2) is 9.97 Å². The summed E-state index contributed by atoms with van der Waals surface area (Å²) in [5.41, 5.74) is 13.5. The van der Waals surface area contributed by atoms with Gasteiger partial charge in [-0.2, -0.15) is 0 Å². The quantitative estimate of drug-likeness (QED) is 0.124. The SMILES string of the molecule is c1ccc(-c2nc(-c3ccc(-c4ccc(-c5c6ccccc6cc6c5ccc5ccccc56)c5ccccc45)cc3)cc(-c3ccc(-c4cccc5c4oc4ccccc45)cc3)n2)cc1. The van der Waals surface area contributed by atoms with Gasteiger partial charge < -0.3 is 4.42 Å². The van der Waals surface area contributed by atoms with Crippen molar-refractivity contribution in [3.8, 4) is 67.3 Å². The van der Waals surface area contributed by atoms with Crippen molar-refractivity contribution in [1.82, 2.24) is 9.97 Å². The van der Waals surface area contributed by atoms with E-state index in [0.29, 0.717) is 5.82 Å². The number of para-hydroxylation sites is 2. The van der Waals surface area contributed by atoms with Gasteiger partial charge in [0.1, 0.15) is 11.2 Å². The lowest BCUT2D eigenvalue weighted by atomic mass is 9.86. The third-order valence-corrected chi connectivity index (χ3v) is 13.1. The van der Waals surface area contributed by atoms with Crippen molar-refractivity contribution < 1.29 is 4.42 Å². The first kappa shape index (κ1) is 36.9. The average molecular weight is 827 g/mol. The number of rotatable bonds is 6. The van der Waals surface area contributed by atoms with Crippen LogP contribution in [-0.2, 0) is 0 Å². The minimum Gasteiger partial charge on any atom is -0.455 e. The van der Waals surface area contributed by atoms with Crippen molar-refractivity contribution in [2.75, 3.05) is 0 Å². The van der Waals surface area contributed by atoms with Crippen LogP contribution in [0.3, 0.4) is 0 Å². The second kappa shape index (κ2) is 15.0. The van der Waals surface area contributed by atoms with Gasteiger partial charge in [-0.05, 0) is 89.1 Å². The van der Waals surface area contributed by atoms with Crippen LogP contribution in [0.2, 0.25) is 0 Å². The Balaban J connectivity index is 0.892. The lowest BCUT2D eigenvalue weighted by Crippen LogP contribution is -1.96. The molecule has 3 nitrogen and oxygen atoms in total. The second-order valence-electron chi connectivity index (χ2n) is 16.8. The van der Waals surface area contributed by atoms with E-state index in [1.807, 2.05) is 30.3 Å². The Bertz CT molecular complexity index is 3980. The third-order valence-electron chi connectivity index (χ3n) is 13.1. The Kier molecular flexibility index (Phi) is 8.53. The van der Waals surface area contributed by atoms with Crippen LogP contribution in [0.1, 0.15) is 0 Å². The van der Waals surface area contributed by atoms with Crippen molar-refractivity contribution in [2.24, 2.45) is 0 Å². The zero-order valence-corrected chi connectivity index (χ0v) is 35.2. The number of hydrogen-bond donors (Lipinski definition) is 0. The Morgan fingerprint density at radius 3 is 1.57 bits per heavy atom. The van der Waals surface area contributed by atoms with Crippen molar-refractivity contribution in [3.05, 3.63) is 231 Å². The van der Waals surface area contributed by atoms with Gasteiger partial charge in [0.25, 0.3) is 0 Å². The predicted molar refractivity (Wildman–Crippen MR) is 272 cm³/mol. The van der Waals surface area contributed by atoms with Crippen LogP contribution in [0.25, 0.3) is 132 Å². The highest BCUT2D eigenvalue weighted by Gasteiger charge is 2.18. The number of nitrogens with zero attached hydrogens (tertiary/aromatic N) is 2. The molecule has 0 N–H and O–H groups in total. The highest BCUT2D eigenvalue weighted by atomic mass is 16.3. The molecule has 13 aromatic rings. The number of fused-ring (bicyclic) bond motifs is 8. The molecule has 302 valence electrons. The molecule has 0 atom stereocenters. The lowest BCUT2D eigenvalue weighted by Gasteiger charge is -2.17. The van der Waals surface area contributed by atoms with E-state index in [0.717, 1.165) is 66.7 Å². The van der Waals surface area contributed by atoms with Gasteiger partial charge in [0.15, 0.2) is 5.82 Å². The molecule has 3 heteroatoms. The van der Waals surface area contributed by atoms with Crippen molar-refractivity contribution >= 4 is 65.0 Å². The second-order valence-corrected chi connectivity index (χ2v) is 16.8. The van der Waals surface area contributed by atoms with E-state index in [-0.39, 0.29) is 0 Å². The Labute approximate surface area is 375 Å². The summed E-state index contributed by atoms with van der Waals surface area (Å²) >= 11 is 0. The van der Waals surface area contributed by atoms with Gasteiger partial charge in [-0.1, -0.05) is 212 Å². The summed E-state index contributed by atoms with van der Waals surface area (Å²) in [6, 6.07) is 82.3. The number of hydrogen-bond acceptors (Lipinski definition) is 3. The molecule has 11 aromatic carbocycles. The van der Waals surface area contributed by atoms with E-state index in [2.05, 4.69) is 200 Å². The Morgan fingerprint density at radius 1 is 0.277 bits per heavy atom. The summed E-state index contributed by atoms with van der Waals surface area (Å²) in [4.78, 5) is 10.3. The molecule has 65 heavy (non-hydrogen) atoms. The lowest BCUT2D eigenvalue weighted by molar-refractivity contribution is 0.670. The maximum atomic E-state index is 6.38. The molecule has 0 amide bonds. The summed E-state index contributed by atoms with van der Waals surface area (Å²) < 4.78 is 6.38. The summed E-state index contributed by atoms with van der Waals surface area (Å²) in [5, 5.41) is 12.3. The first-order valence-corrected chi connectivity index (χ1v) is 22.1. The zero-order valence-electron chi connectivity index (χ0n) is 35.2. The van der Waals surface area contributed by atoms with E-state index in [9.17, 15) is 0 Å². The van der Waals surface area contributed by atoms with Crippen LogP contribution >= 0.6 is 0 Å². The summed E-state index contributed by atoms with van der Waals surface area (Å²) in [6.07, 6.45) is 0. The van der Waals surface area contributed by atoms with Crippen molar-refractivity contribution in [2.45, 2.75) is 0 Å². The zero-order chi connectivity index (χ0) is 42.8. The topological polar surface area (TPSA) is 38.9 Å². The highest BCUT2D eigenvalue weighted by molar-refractivity contribution is 6.23. The van der Waals surface area contributed by atoms with Crippen molar-refractivity contribution in [1.29, 1.82) is 0 Å². The third kappa shape index (κ3) is 6.20. The largest absolute Gasteiger partial charge is 0.455 e. The van der Waals surface area contributed by atoms with Crippen LogP contribution in [0.5, 0.6) is 0 Å². The average Bonchev–Trinajstić information content (AvgIpc) is 3.77. The van der Waals surface area contributed by atoms with Gasteiger partial charge in [0.2, 0.25) is 0 Å². The normalized spacial score (nSPS) is 11.7. The fourth-order valence-electron chi connectivity index (χ4n) is 9.95. The van der Waals surface area contributed by atoms with Gasteiger partial charge in [0, 0.05) is 33.0 Å². The van der Waals surface area contributed by atoms with Gasteiger partial charge in [-0.3, -0.25) is 0 Å². The molecule has 0 unspecified atom stereocenters.